The second-order valence-corrected chi connectivity index (χ2v) is 8.16. The van der Waals surface area contributed by atoms with Crippen molar-refractivity contribution < 1.29 is 22.1 Å². The van der Waals surface area contributed by atoms with Crippen LogP contribution in [0.2, 0.25) is 0 Å². The maximum absolute atomic E-state index is 12.9. The summed E-state index contributed by atoms with van der Waals surface area (Å²) in [6.45, 7) is 1.14. The lowest BCUT2D eigenvalue weighted by Crippen LogP contribution is -2.31. The molecule has 4 rings (SSSR count). The molecule has 0 radical (unpaired) electrons. The quantitative estimate of drug-likeness (QED) is 0.568. The highest BCUT2D eigenvalue weighted by atomic mass is 32.2. The Balaban J connectivity index is 1.44. The fraction of sp³-hybridized carbons (Fsp3) is 0.286. The average Bonchev–Trinajstić information content (AvgIpc) is 3.14. The lowest BCUT2D eigenvalue weighted by molar-refractivity contribution is -0.0211. The van der Waals surface area contributed by atoms with Gasteiger partial charge < -0.3 is 9.47 Å². The van der Waals surface area contributed by atoms with Crippen molar-refractivity contribution in [3.8, 4) is 0 Å². The predicted octanol–water partition coefficient (Wildman–Crippen LogP) is 3.31. The minimum Gasteiger partial charge on any atom is -0.374 e. The maximum Gasteiger partial charge on any atom is 0.299 e. The highest BCUT2D eigenvalue weighted by Gasteiger charge is 2.34. The molecule has 7 heteroatoms. The van der Waals surface area contributed by atoms with Crippen molar-refractivity contribution in [2.75, 3.05) is 13.2 Å². The van der Waals surface area contributed by atoms with Crippen LogP contribution in [0, 0.1) is 0 Å². The molecule has 1 saturated heterocycles. The lowest BCUT2D eigenvalue weighted by atomic mass is 10.2. The molecule has 2 aromatic carbocycles. The molecule has 1 aromatic heterocycles. The first kappa shape index (κ1) is 19.0. The van der Waals surface area contributed by atoms with E-state index in [2.05, 4.69) is 4.98 Å². The number of benzene rings is 2. The number of fused-ring (bicyclic) bond motifs is 1. The second-order valence-electron chi connectivity index (χ2n) is 6.62. The van der Waals surface area contributed by atoms with Crippen LogP contribution in [-0.4, -0.2) is 38.8 Å². The fourth-order valence-corrected chi connectivity index (χ4v) is 4.56. The molecule has 0 N–H and O–H groups in total. The minimum atomic E-state index is -3.98. The smallest absolute Gasteiger partial charge is 0.299 e. The third kappa shape index (κ3) is 4.23. The van der Waals surface area contributed by atoms with Crippen LogP contribution in [-0.2, 0) is 30.4 Å². The number of aromatic nitrogens is 1. The van der Waals surface area contributed by atoms with Gasteiger partial charge in [0.15, 0.2) is 0 Å². The summed E-state index contributed by atoms with van der Waals surface area (Å²) < 4.78 is 42.7. The first-order chi connectivity index (χ1) is 13.6. The summed E-state index contributed by atoms with van der Waals surface area (Å²) in [4.78, 5) is 4.28. The van der Waals surface area contributed by atoms with E-state index in [1.165, 1.54) is 6.07 Å². The summed E-state index contributed by atoms with van der Waals surface area (Å²) in [5, 5.41) is 0.748. The van der Waals surface area contributed by atoms with Crippen LogP contribution in [0.3, 0.4) is 0 Å². The van der Waals surface area contributed by atoms with Crippen LogP contribution in [0.1, 0.15) is 12.0 Å². The molecule has 146 valence electrons. The molecule has 0 bridgehead atoms. The zero-order valence-electron chi connectivity index (χ0n) is 15.2. The third-order valence-corrected chi connectivity index (χ3v) is 6.03. The molecule has 1 aliphatic rings. The maximum atomic E-state index is 12.9. The molecule has 0 aliphatic carbocycles. The molecule has 2 heterocycles. The first-order valence-corrected chi connectivity index (χ1v) is 10.5. The zero-order valence-corrected chi connectivity index (χ0v) is 16.0. The SMILES string of the molecule is O=S(=O)(O[C@H]1CCO[C@H]1COCc1ccccc1)c1cccc2cccnc12. The Kier molecular flexibility index (Phi) is 5.68. The van der Waals surface area contributed by atoms with E-state index in [9.17, 15) is 8.42 Å². The van der Waals surface area contributed by atoms with E-state index in [-0.39, 0.29) is 11.5 Å². The lowest BCUT2D eigenvalue weighted by Gasteiger charge is -2.19. The molecule has 1 fully saturated rings. The van der Waals surface area contributed by atoms with Gasteiger partial charge in [0, 0.05) is 24.6 Å². The van der Waals surface area contributed by atoms with Crippen LogP contribution >= 0.6 is 0 Å². The normalized spacial score (nSPS) is 19.9. The Bertz CT molecular complexity index is 1030. The predicted molar refractivity (Wildman–Crippen MR) is 104 cm³/mol. The first-order valence-electron chi connectivity index (χ1n) is 9.14. The molecule has 3 aromatic rings. The number of rotatable bonds is 7. The Labute approximate surface area is 164 Å². The van der Waals surface area contributed by atoms with Gasteiger partial charge in [-0.3, -0.25) is 9.17 Å². The number of ether oxygens (including phenoxy) is 2. The summed E-state index contributed by atoms with van der Waals surface area (Å²) in [7, 11) is -3.98. The van der Waals surface area contributed by atoms with Gasteiger partial charge in [-0.15, -0.1) is 0 Å². The monoisotopic (exact) mass is 399 g/mol. The van der Waals surface area contributed by atoms with Crippen molar-refractivity contribution in [2.24, 2.45) is 0 Å². The molecular weight excluding hydrogens is 378 g/mol. The van der Waals surface area contributed by atoms with Crippen LogP contribution in [0.25, 0.3) is 10.9 Å². The number of nitrogens with zero attached hydrogens (tertiary/aromatic N) is 1. The van der Waals surface area contributed by atoms with Crippen molar-refractivity contribution in [3.63, 3.8) is 0 Å². The van der Waals surface area contributed by atoms with Crippen molar-refractivity contribution in [1.29, 1.82) is 0 Å². The summed E-state index contributed by atoms with van der Waals surface area (Å²) in [5.41, 5.74) is 1.45. The second kappa shape index (κ2) is 8.36. The van der Waals surface area contributed by atoms with E-state index >= 15 is 0 Å². The van der Waals surface area contributed by atoms with E-state index < -0.39 is 22.3 Å². The summed E-state index contributed by atoms with van der Waals surface area (Å²) >= 11 is 0. The summed E-state index contributed by atoms with van der Waals surface area (Å²) in [6, 6.07) is 18.4. The summed E-state index contributed by atoms with van der Waals surface area (Å²) in [6.07, 6.45) is 1.05. The Morgan fingerprint density at radius 3 is 2.71 bits per heavy atom. The van der Waals surface area contributed by atoms with Crippen molar-refractivity contribution in [3.05, 3.63) is 72.4 Å². The number of pyridine rings is 1. The fourth-order valence-electron chi connectivity index (χ4n) is 3.25. The Morgan fingerprint density at radius 1 is 1.04 bits per heavy atom. The van der Waals surface area contributed by atoms with Crippen molar-refractivity contribution in [1.82, 2.24) is 4.98 Å². The van der Waals surface area contributed by atoms with Gasteiger partial charge in [-0.25, -0.2) is 0 Å². The number of hydrogen-bond acceptors (Lipinski definition) is 6. The highest BCUT2D eigenvalue weighted by molar-refractivity contribution is 7.87. The highest BCUT2D eigenvalue weighted by Crippen LogP contribution is 2.27. The van der Waals surface area contributed by atoms with Crippen LogP contribution in [0.5, 0.6) is 0 Å². The van der Waals surface area contributed by atoms with E-state index in [4.69, 9.17) is 13.7 Å². The molecule has 1 aliphatic heterocycles. The third-order valence-electron chi connectivity index (χ3n) is 4.66. The van der Waals surface area contributed by atoms with Crippen LogP contribution < -0.4 is 0 Å². The summed E-state index contributed by atoms with van der Waals surface area (Å²) in [5.74, 6) is 0. The van der Waals surface area contributed by atoms with Crippen LogP contribution in [0.4, 0.5) is 0 Å². The van der Waals surface area contributed by atoms with Gasteiger partial charge in [0.05, 0.1) is 18.7 Å². The Hall–Kier alpha value is -2.32. The minimum absolute atomic E-state index is 0.0708. The van der Waals surface area contributed by atoms with Gasteiger partial charge in [0.1, 0.15) is 17.1 Å². The molecule has 28 heavy (non-hydrogen) atoms. The van der Waals surface area contributed by atoms with Crippen molar-refractivity contribution >= 4 is 21.0 Å². The van der Waals surface area contributed by atoms with Gasteiger partial charge in [0.2, 0.25) is 0 Å². The molecule has 0 saturated carbocycles. The van der Waals surface area contributed by atoms with Gasteiger partial charge in [-0.05, 0) is 17.7 Å². The largest absolute Gasteiger partial charge is 0.374 e. The van der Waals surface area contributed by atoms with Gasteiger partial charge in [0.25, 0.3) is 10.1 Å². The zero-order chi connectivity index (χ0) is 19.4. The number of hydrogen-bond donors (Lipinski definition) is 0. The van der Waals surface area contributed by atoms with Gasteiger partial charge >= 0.3 is 0 Å². The van der Waals surface area contributed by atoms with Gasteiger partial charge in [-0.2, -0.15) is 8.42 Å². The standard InChI is InChI=1S/C21H21NO5S/c23-28(24,20-10-4-8-17-9-5-12-22-21(17)20)27-18-11-13-26-19(18)15-25-14-16-6-2-1-3-7-16/h1-10,12,18-19H,11,13-15H2/t18-,19-/m0/s1. The molecule has 2 atom stereocenters. The Morgan fingerprint density at radius 2 is 1.86 bits per heavy atom. The number of para-hydroxylation sites is 1. The van der Waals surface area contributed by atoms with Crippen molar-refractivity contribution in [2.45, 2.75) is 30.1 Å². The van der Waals surface area contributed by atoms with E-state index in [0.717, 1.165) is 10.9 Å². The van der Waals surface area contributed by atoms with E-state index in [1.54, 1.807) is 18.3 Å². The van der Waals surface area contributed by atoms with E-state index in [1.807, 2.05) is 42.5 Å². The molecular formula is C21H21NO5S. The molecule has 0 unspecified atom stereocenters. The van der Waals surface area contributed by atoms with E-state index in [0.29, 0.717) is 25.2 Å². The molecule has 6 nitrogen and oxygen atoms in total. The van der Waals surface area contributed by atoms with Gasteiger partial charge in [-0.1, -0.05) is 48.5 Å². The average molecular weight is 399 g/mol. The molecule has 0 amide bonds. The van der Waals surface area contributed by atoms with Crippen LogP contribution in [0.15, 0.2) is 71.8 Å². The molecule has 0 spiro atoms. The topological polar surface area (TPSA) is 74.7 Å².